The lowest BCUT2D eigenvalue weighted by Gasteiger charge is -2.14. The maximum atomic E-state index is 11.8. The normalized spacial score (nSPS) is 11.9. The van der Waals surface area contributed by atoms with Crippen molar-refractivity contribution in [2.24, 2.45) is 7.05 Å². The molecule has 0 aliphatic heterocycles. The average Bonchev–Trinajstić information content (AvgIpc) is 2.71. The van der Waals surface area contributed by atoms with E-state index in [0.29, 0.717) is 5.82 Å². The van der Waals surface area contributed by atoms with Gasteiger partial charge in [-0.05, 0) is 19.4 Å². The Balaban J connectivity index is 1.99. The Morgan fingerprint density at radius 1 is 1.37 bits per heavy atom. The Kier molecular flexibility index (Phi) is 3.85. The molecule has 0 bridgehead atoms. The number of hydrogen-bond acceptors (Lipinski definition) is 3. The van der Waals surface area contributed by atoms with Crippen molar-refractivity contribution in [3.8, 4) is 0 Å². The van der Waals surface area contributed by atoms with Crippen molar-refractivity contribution in [1.29, 1.82) is 0 Å². The Bertz CT molecular complexity index is 544. The largest absolute Gasteiger partial charge is 0.441 e. The minimum atomic E-state index is -0.483. The molecule has 1 N–H and O–H groups in total. The number of amides is 1. The number of carbonyl (C=O) groups is 1. The predicted octanol–water partition coefficient (Wildman–Crippen LogP) is 3.04. The number of nitrogens with one attached hydrogen (secondary N) is 1. The van der Waals surface area contributed by atoms with Crippen molar-refractivity contribution in [3.63, 3.8) is 0 Å². The van der Waals surface area contributed by atoms with E-state index in [0.717, 1.165) is 11.3 Å². The zero-order valence-corrected chi connectivity index (χ0v) is 11.3. The molecule has 5 heteroatoms. The molecule has 0 fully saturated rings. The van der Waals surface area contributed by atoms with Crippen LogP contribution in [-0.2, 0) is 11.8 Å². The third-order valence-corrected chi connectivity index (χ3v) is 2.89. The molecule has 2 rings (SSSR count). The second-order valence-electron chi connectivity index (χ2n) is 4.37. The first-order valence-electron chi connectivity index (χ1n) is 6.08. The summed E-state index contributed by atoms with van der Waals surface area (Å²) < 4.78 is 7.07. The smallest absolute Gasteiger partial charge is 0.413 e. The highest BCUT2D eigenvalue weighted by Gasteiger charge is 2.14. The van der Waals surface area contributed by atoms with Crippen LogP contribution in [0, 0.1) is 6.92 Å². The second kappa shape index (κ2) is 5.56. The molecule has 1 aromatic carbocycles. The number of aryl methyl sites for hydroxylation is 2. The lowest BCUT2D eigenvalue weighted by Crippen LogP contribution is -2.18. The standard InChI is InChI=1S/C14H17N3O2/c1-10-13(17(3)9-15-10)16-14(18)19-11(2)12-7-5-4-6-8-12/h4-9,11H,1-3H3,(H,16,18)/t11-/m1/s1. The van der Waals surface area contributed by atoms with E-state index < -0.39 is 6.09 Å². The zero-order valence-electron chi connectivity index (χ0n) is 11.3. The van der Waals surface area contributed by atoms with Crippen LogP contribution in [0.3, 0.4) is 0 Å². The Morgan fingerprint density at radius 3 is 2.63 bits per heavy atom. The van der Waals surface area contributed by atoms with Gasteiger partial charge >= 0.3 is 6.09 Å². The molecule has 0 aliphatic carbocycles. The molecule has 1 aromatic heterocycles. The van der Waals surface area contributed by atoms with Crippen molar-refractivity contribution in [3.05, 3.63) is 47.9 Å². The summed E-state index contributed by atoms with van der Waals surface area (Å²) in [7, 11) is 1.82. The van der Waals surface area contributed by atoms with Crippen LogP contribution in [-0.4, -0.2) is 15.6 Å². The summed E-state index contributed by atoms with van der Waals surface area (Å²) in [4.78, 5) is 15.9. The van der Waals surface area contributed by atoms with E-state index in [2.05, 4.69) is 10.3 Å². The van der Waals surface area contributed by atoms with Gasteiger partial charge < -0.3 is 9.30 Å². The summed E-state index contributed by atoms with van der Waals surface area (Å²) in [6, 6.07) is 9.60. The lowest BCUT2D eigenvalue weighted by molar-refractivity contribution is 0.121. The number of anilines is 1. The van der Waals surface area contributed by atoms with Crippen LogP contribution in [0.2, 0.25) is 0 Å². The first-order chi connectivity index (χ1) is 9.08. The summed E-state index contributed by atoms with van der Waals surface area (Å²) in [6.45, 7) is 3.67. The Labute approximate surface area is 112 Å². The fourth-order valence-corrected chi connectivity index (χ4v) is 1.80. The summed E-state index contributed by atoms with van der Waals surface area (Å²) in [5.74, 6) is 0.644. The van der Waals surface area contributed by atoms with Crippen molar-refractivity contribution < 1.29 is 9.53 Å². The monoisotopic (exact) mass is 259 g/mol. The summed E-state index contributed by atoms with van der Waals surface area (Å²) in [5, 5.41) is 2.70. The topological polar surface area (TPSA) is 56.2 Å². The van der Waals surface area contributed by atoms with Gasteiger partial charge in [0.05, 0.1) is 12.0 Å². The van der Waals surface area contributed by atoms with Gasteiger partial charge in [0.15, 0.2) is 0 Å². The molecule has 1 heterocycles. The van der Waals surface area contributed by atoms with E-state index in [1.807, 2.05) is 51.2 Å². The molecule has 1 amide bonds. The van der Waals surface area contributed by atoms with Crippen molar-refractivity contribution in [2.75, 3.05) is 5.32 Å². The molecule has 0 saturated carbocycles. The molecule has 0 unspecified atom stereocenters. The van der Waals surface area contributed by atoms with Crippen LogP contribution >= 0.6 is 0 Å². The van der Waals surface area contributed by atoms with E-state index in [1.54, 1.807) is 10.9 Å². The SMILES string of the molecule is Cc1ncn(C)c1NC(=O)O[C@H](C)c1ccccc1. The number of ether oxygens (including phenoxy) is 1. The van der Waals surface area contributed by atoms with Crippen LogP contribution in [0.5, 0.6) is 0 Å². The van der Waals surface area contributed by atoms with Crippen molar-refractivity contribution in [2.45, 2.75) is 20.0 Å². The Morgan fingerprint density at radius 2 is 2.05 bits per heavy atom. The first-order valence-corrected chi connectivity index (χ1v) is 6.08. The third kappa shape index (κ3) is 3.13. The number of imidazole rings is 1. The molecule has 1 atom stereocenters. The second-order valence-corrected chi connectivity index (χ2v) is 4.37. The van der Waals surface area contributed by atoms with Gasteiger partial charge in [0.25, 0.3) is 0 Å². The van der Waals surface area contributed by atoms with E-state index in [9.17, 15) is 4.79 Å². The van der Waals surface area contributed by atoms with Gasteiger partial charge in [-0.25, -0.2) is 9.78 Å². The molecule has 100 valence electrons. The first kappa shape index (κ1) is 13.1. The Hall–Kier alpha value is -2.30. The van der Waals surface area contributed by atoms with Gasteiger partial charge in [0.2, 0.25) is 0 Å². The van der Waals surface area contributed by atoms with E-state index in [1.165, 1.54) is 0 Å². The number of aromatic nitrogens is 2. The van der Waals surface area contributed by atoms with Crippen LogP contribution in [0.15, 0.2) is 36.7 Å². The lowest BCUT2D eigenvalue weighted by atomic mass is 10.1. The fourth-order valence-electron chi connectivity index (χ4n) is 1.80. The number of rotatable bonds is 3. The predicted molar refractivity (Wildman–Crippen MR) is 72.9 cm³/mol. The molecule has 0 spiro atoms. The summed E-state index contributed by atoms with van der Waals surface area (Å²) in [6.07, 6.45) is 0.865. The van der Waals surface area contributed by atoms with Crippen molar-refractivity contribution in [1.82, 2.24) is 9.55 Å². The maximum absolute atomic E-state index is 11.8. The fraction of sp³-hybridized carbons (Fsp3) is 0.286. The van der Waals surface area contributed by atoms with E-state index in [-0.39, 0.29) is 6.10 Å². The highest BCUT2D eigenvalue weighted by Crippen LogP contribution is 2.18. The van der Waals surface area contributed by atoms with Gasteiger partial charge in [0, 0.05) is 7.05 Å². The average molecular weight is 259 g/mol. The quantitative estimate of drug-likeness (QED) is 0.921. The van der Waals surface area contributed by atoms with Gasteiger partial charge in [0.1, 0.15) is 11.9 Å². The van der Waals surface area contributed by atoms with Crippen LogP contribution in [0.1, 0.15) is 24.3 Å². The highest BCUT2D eigenvalue weighted by atomic mass is 16.6. The van der Waals surface area contributed by atoms with E-state index >= 15 is 0 Å². The molecule has 19 heavy (non-hydrogen) atoms. The van der Waals surface area contributed by atoms with E-state index in [4.69, 9.17) is 4.74 Å². The van der Waals surface area contributed by atoms with Crippen LogP contribution in [0.4, 0.5) is 10.6 Å². The van der Waals surface area contributed by atoms with Gasteiger partial charge in [-0.1, -0.05) is 30.3 Å². The molecule has 5 nitrogen and oxygen atoms in total. The maximum Gasteiger partial charge on any atom is 0.413 e. The molecular weight excluding hydrogens is 242 g/mol. The molecular formula is C14H17N3O2. The summed E-state index contributed by atoms with van der Waals surface area (Å²) in [5.41, 5.74) is 1.71. The number of nitrogens with zero attached hydrogens (tertiary/aromatic N) is 2. The molecule has 0 saturated heterocycles. The number of benzene rings is 1. The van der Waals surface area contributed by atoms with Gasteiger partial charge in [-0.15, -0.1) is 0 Å². The molecule has 2 aromatic rings. The van der Waals surface area contributed by atoms with Gasteiger partial charge in [-0.2, -0.15) is 0 Å². The summed E-state index contributed by atoms with van der Waals surface area (Å²) >= 11 is 0. The number of hydrogen-bond donors (Lipinski definition) is 1. The highest BCUT2D eigenvalue weighted by molar-refractivity contribution is 5.84. The number of carbonyl (C=O) groups excluding carboxylic acids is 1. The zero-order chi connectivity index (χ0) is 13.8. The third-order valence-electron chi connectivity index (χ3n) is 2.89. The molecule has 0 aliphatic rings. The van der Waals surface area contributed by atoms with Crippen LogP contribution in [0.25, 0.3) is 0 Å². The van der Waals surface area contributed by atoms with Gasteiger partial charge in [-0.3, -0.25) is 5.32 Å². The minimum absolute atomic E-state index is 0.297. The van der Waals surface area contributed by atoms with Crippen LogP contribution < -0.4 is 5.32 Å². The minimum Gasteiger partial charge on any atom is -0.441 e. The molecule has 0 radical (unpaired) electrons. The van der Waals surface area contributed by atoms with Crippen molar-refractivity contribution >= 4 is 11.9 Å².